The number of methoxy groups -OCH3 is 1. The van der Waals surface area contributed by atoms with Gasteiger partial charge in [-0.15, -0.1) is 0 Å². The molecule has 0 heterocycles. The molecule has 0 saturated heterocycles. The number of phenolic OH excluding ortho intramolecular Hbond substituents is 1. The maximum Gasteiger partial charge on any atom is 0.244 e. The lowest BCUT2D eigenvalue weighted by molar-refractivity contribution is -0.120. The van der Waals surface area contributed by atoms with Crippen LogP contribution < -0.4 is 10.2 Å². The summed E-state index contributed by atoms with van der Waals surface area (Å²) in [5, 5.41) is 16.0. The number of fused-ring (bicyclic) bond motifs is 1. The molecule has 0 aliphatic heterocycles. The van der Waals surface area contributed by atoms with Crippen molar-refractivity contribution in [3.63, 3.8) is 0 Å². The van der Waals surface area contributed by atoms with Gasteiger partial charge in [-0.3, -0.25) is 4.79 Å². The Morgan fingerprint density at radius 2 is 2.00 bits per heavy atom. The van der Waals surface area contributed by atoms with Crippen LogP contribution >= 0.6 is 22.6 Å². The van der Waals surface area contributed by atoms with Crippen LogP contribution in [-0.2, 0) is 11.2 Å². The topological polar surface area (TPSA) is 70.9 Å². The molecule has 5 nitrogen and oxygen atoms in total. The molecule has 2 N–H and O–H groups in total. The van der Waals surface area contributed by atoms with E-state index in [9.17, 15) is 9.90 Å². The predicted octanol–water partition coefficient (Wildman–Crippen LogP) is 3.85. The highest BCUT2D eigenvalue weighted by molar-refractivity contribution is 14.1. The number of hydrogen-bond donors (Lipinski definition) is 2. The summed E-state index contributed by atoms with van der Waals surface area (Å²) < 4.78 is 5.75. The van der Waals surface area contributed by atoms with Gasteiger partial charge in [-0.1, -0.05) is 42.5 Å². The van der Waals surface area contributed by atoms with Crippen LogP contribution in [0.1, 0.15) is 11.1 Å². The second-order valence-corrected chi connectivity index (χ2v) is 6.82. The zero-order valence-corrected chi connectivity index (χ0v) is 16.2. The fraction of sp³-hybridized carbons (Fsp3) is 0.100. The van der Waals surface area contributed by atoms with Gasteiger partial charge in [0.2, 0.25) is 5.91 Å². The molecule has 3 rings (SSSR count). The van der Waals surface area contributed by atoms with Crippen molar-refractivity contribution in [3.05, 3.63) is 69.3 Å². The normalized spacial score (nSPS) is 11.0. The molecular weight excluding hydrogens is 443 g/mol. The number of nitrogens with one attached hydrogen (secondary N) is 1. The number of ether oxygens (including phenoxy) is 1. The summed E-state index contributed by atoms with van der Waals surface area (Å²) in [4.78, 5) is 12.2. The minimum Gasteiger partial charge on any atom is -0.504 e. The van der Waals surface area contributed by atoms with Crippen molar-refractivity contribution in [2.45, 2.75) is 6.42 Å². The average molecular weight is 460 g/mol. The fourth-order valence-electron chi connectivity index (χ4n) is 2.66. The number of halogens is 1. The Morgan fingerprint density at radius 3 is 2.81 bits per heavy atom. The maximum atomic E-state index is 12.2. The molecule has 0 bridgehead atoms. The molecule has 0 spiro atoms. The van der Waals surface area contributed by atoms with E-state index in [1.54, 1.807) is 12.1 Å². The first kappa shape index (κ1) is 18.2. The summed E-state index contributed by atoms with van der Waals surface area (Å²) in [5.74, 6) is 0.253. The van der Waals surface area contributed by atoms with Crippen LogP contribution in [0.2, 0.25) is 0 Å². The SMILES string of the molecule is COc1cc(/C=N/NC(=O)Cc2cccc3ccccc23)cc(I)c1O. The van der Waals surface area contributed by atoms with Crippen LogP contribution in [0.5, 0.6) is 11.5 Å². The van der Waals surface area contributed by atoms with Crippen LogP contribution in [0.4, 0.5) is 0 Å². The summed E-state index contributed by atoms with van der Waals surface area (Å²) in [6, 6.07) is 17.3. The van der Waals surface area contributed by atoms with Crippen molar-refractivity contribution in [3.8, 4) is 11.5 Å². The Morgan fingerprint density at radius 1 is 1.23 bits per heavy atom. The first-order valence-electron chi connectivity index (χ1n) is 7.93. The molecular formula is C20H17IN2O3. The predicted molar refractivity (Wildman–Crippen MR) is 111 cm³/mol. The summed E-state index contributed by atoms with van der Waals surface area (Å²) in [6.45, 7) is 0. The molecule has 3 aromatic carbocycles. The molecule has 132 valence electrons. The van der Waals surface area contributed by atoms with Crippen LogP contribution in [0, 0.1) is 3.57 Å². The number of rotatable bonds is 5. The van der Waals surface area contributed by atoms with Gasteiger partial charge in [0.25, 0.3) is 0 Å². The Bertz CT molecular complexity index is 981. The number of aromatic hydroxyl groups is 1. The third-order valence-corrected chi connectivity index (χ3v) is 4.73. The van der Waals surface area contributed by atoms with Crippen LogP contribution in [0.25, 0.3) is 10.8 Å². The number of hydrogen-bond acceptors (Lipinski definition) is 4. The standard InChI is InChI=1S/C20H17IN2O3/c1-26-18-10-13(9-17(21)20(18)25)12-22-23-19(24)11-15-7-4-6-14-5-2-3-8-16(14)15/h2-10,12,25H,11H2,1H3,(H,23,24)/b22-12+. The molecule has 0 aliphatic carbocycles. The van der Waals surface area contributed by atoms with E-state index in [1.807, 2.05) is 65.1 Å². The molecule has 0 radical (unpaired) electrons. The quantitative estimate of drug-likeness (QED) is 0.345. The van der Waals surface area contributed by atoms with Crippen LogP contribution in [-0.4, -0.2) is 24.3 Å². The number of carbonyl (C=O) groups is 1. The third kappa shape index (κ3) is 4.13. The number of carbonyl (C=O) groups excluding carboxylic acids is 1. The van der Waals surface area contributed by atoms with Crippen molar-refractivity contribution in [2.24, 2.45) is 5.10 Å². The van der Waals surface area contributed by atoms with Gasteiger partial charge in [-0.05, 0) is 56.6 Å². The number of nitrogens with zero attached hydrogens (tertiary/aromatic N) is 1. The van der Waals surface area contributed by atoms with Gasteiger partial charge in [0.15, 0.2) is 11.5 Å². The Balaban J connectivity index is 1.69. The number of amides is 1. The summed E-state index contributed by atoms with van der Waals surface area (Å²) in [7, 11) is 1.48. The zero-order chi connectivity index (χ0) is 18.5. The summed E-state index contributed by atoms with van der Waals surface area (Å²) in [5.41, 5.74) is 4.21. The minimum absolute atomic E-state index is 0.0882. The number of benzene rings is 3. The smallest absolute Gasteiger partial charge is 0.244 e. The molecule has 0 saturated carbocycles. The fourth-order valence-corrected chi connectivity index (χ4v) is 3.29. The van der Waals surface area contributed by atoms with Crippen molar-refractivity contribution >= 4 is 45.5 Å². The maximum absolute atomic E-state index is 12.2. The summed E-state index contributed by atoms with van der Waals surface area (Å²) in [6.07, 6.45) is 1.76. The Hall–Kier alpha value is -2.61. The van der Waals surface area contributed by atoms with Gasteiger partial charge in [0.05, 0.1) is 23.3 Å². The van der Waals surface area contributed by atoms with Gasteiger partial charge in [-0.2, -0.15) is 5.10 Å². The van der Waals surface area contributed by atoms with E-state index < -0.39 is 0 Å². The Kier molecular flexibility index (Phi) is 5.72. The Labute approximate surface area is 164 Å². The molecule has 0 fully saturated rings. The lowest BCUT2D eigenvalue weighted by atomic mass is 10.0. The molecule has 0 atom stereocenters. The first-order valence-corrected chi connectivity index (χ1v) is 9.01. The molecule has 6 heteroatoms. The van der Waals surface area contributed by atoms with Gasteiger partial charge in [0.1, 0.15) is 0 Å². The molecule has 0 aromatic heterocycles. The van der Waals surface area contributed by atoms with E-state index in [2.05, 4.69) is 10.5 Å². The molecule has 0 unspecified atom stereocenters. The second kappa shape index (κ2) is 8.18. The molecule has 3 aromatic rings. The minimum atomic E-state index is -0.196. The largest absolute Gasteiger partial charge is 0.504 e. The van der Waals surface area contributed by atoms with E-state index in [-0.39, 0.29) is 18.1 Å². The number of phenols is 1. The van der Waals surface area contributed by atoms with Crippen molar-refractivity contribution in [1.29, 1.82) is 0 Å². The van der Waals surface area contributed by atoms with Crippen LogP contribution in [0.15, 0.2) is 59.7 Å². The van der Waals surface area contributed by atoms with E-state index in [1.165, 1.54) is 13.3 Å². The second-order valence-electron chi connectivity index (χ2n) is 5.66. The van der Waals surface area contributed by atoms with E-state index >= 15 is 0 Å². The monoisotopic (exact) mass is 460 g/mol. The molecule has 0 aliphatic rings. The lowest BCUT2D eigenvalue weighted by Crippen LogP contribution is -2.19. The van der Waals surface area contributed by atoms with E-state index in [0.29, 0.717) is 9.32 Å². The average Bonchev–Trinajstić information content (AvgIpc) is 2.64. The molecule has 26 heavy (non-hydrogen) atoms. The van der Waals surface area contributed by atoms with Gasteiger partial charge in [-0.25, -0.2) is 5.43 Å². The lowest BCUT2D eigenvalue weighted by Gasteiger charge is -2.07. The third-order valence-electron chi connectivity index (χ3n) is 3.90. The first-order chi connectivity index (χ1) is 12.6. The number of hydrazone groups is 1. The van der Waals surface area contributed by atoms with Crippen LogP contribution in [0.3, 0.4) is 0 Å². The highest BCUT2D eigenvalue weighted by atomic mass is 127. The summed E-state index contributed by atoms with van der Waals surface area (Å²) >= 11 is 2.01. The van der Waals surface area contributed by atoms with Crippen molar-refractivity contribution in [1.82, 2.24) is 5.43 Å². The van der Waals surface area contributed by atoms with Crippen molar-refractivity contribution < 1.29 is 14.6 Å². The molecule has 1 amide bonds. The van der Waals surface area contributed by atoms with E-state index in [0.717, 1.165) is 21.9 Å². The zero-order valence-electron chi connectivity index (χ0n) is 14.1. The van der Waals surface area contributed by atoms with Crippen molar-refractivity contribution in [2.75, 3.05) is 7.11 Å². The van der Waals surface area contributed by atoms with Gasteiger partial charge >= 0.3 is 0 Å². The highest BCUT2D eigenvalue weighted by Crippen LogP contribution is 2.31. The van der Waals surface area contributed by atoms with Gasteiger partial charge < -0.3 is 9.84 Å². The van der Waals surface area contributed by atoms with E-state index in [4.69, 9.17) is 4.74 Å². The van der Waals surface area contributed by atoms with Gasteiger partial charge in [0, 0.05) is 0 Å². The highest BCUT2D eigenvalue weighted by Gasteiger charge is 2.08.